The van der Waals surface area contributed by atoms with Gasteiger partial charge in [-0.3, -0.25) is 0 Å². The Morgan fingerprint density at radius 3 is 2.80 bits per heavy atom. The van der Waals surface area contributed by atoms with E-state index in [1.54, 1.807) is 12.3 Å². The van der Waals surface area contributed by atoms with Crippen molar-refractivity contribution in [3.8, 4) is 0 Å². The van der Waals surface area contributed by atoms with Crippen molar-refractivity contribution in [3.63, 3.8) is 0 Å². The number of pyridine rings is 1. The van der Waals surface area contributed by atoms with Crippen molar-refractivity contribution < 1.29 is 0 Å². The molecule has 0 aliphatic rings. The molecular weight excluding hydrogens is 249 g/mol. The maximum absolute atomic E-state index is 6.04. The lowest BCUT2D eigenvalue weighted by Crippen LogP contribution is -1.96. The summed E-state index contributed by atoms with van der Waals surface area (Å²) in [5, 5.41) is 1.17. The van der Waals surface area contributed by atoms with Crippen LogP contribution < -0.4 is 0 Å². The van der Waals surface area contributed by atoms with Gasteiger partial charge in [0.2, 0.25) is 0 Å². The summed E-state index contributed by atoms with van der Waals surface area (Å²) < 4.78 is 0. The third-order valence-electron chi connectivity index (χ3n) is 2.25. The molecule has 0 amide bonds. The Hall–Kier alpha value is 0.0800. The first-order valence-electron chi connectivity index (χ1n) is 5.01. The van der Waals surface area contributed by atoms with Crippen molar-refractivity contribution in [2.24, 2.45) is 5.92 Å². The van der Waals surface area contributed by atoms with Gasteiger partial charge in [0.15, 0.2) is 0 Å². The minimum absolute atomic E-state index is 0.454. The van der Waals surface area contributed by atoms with Crippen LogP contribution in [0.4, 0.5) is 0 Å². The molecule has 0 saturated heterocycles. The highest BCUT2D eigenvalue weighted by molar-refractivity contribution is 7.98. The van der Waals surface area contributed by atoms with Crippen LogP contribution in [0.25, 0.3) is 0 Å². The smallest absolute Gasteiger partial charge is 0.130 e. The number of nitrogens with zero attached hydrogens (tertiary/aromatic N) is 1. The van der Waals surface area contributed by atoms with Crippen LogP contribution in [0, 0.1) is 5.92 Å². The summed E-state index contributed by atoms with van der Waals surface area (Å²) in [7, 11) is 0. The van der Waals surface area contributed by atoms with Gasteiger partial charge < -0.3 is 0 Å². The summed E-state index contributed by atoms with van der Waals surface area (Å²) in [4.78, 5) is 4.03. The summed E-state index contributed by atoms with van der Waals surface area (Å²) in [6.45, 7) is 4.47. The average Bonchev–Trinajstić information content (AvgIpc) is 2.21. The van der Waals surface area contributed by atoms with Crippen molar-refractivity contribution in [2.45, 2.75) is 26.0 Å². The number of thioether (sulfide) groups is 1. The van der Waals surface area contributed by atoms with Crippen LogP contribution in [-0.2, 0) is 5.75 Å². The molecule has 0 aliphatic heterocycles. The van der Waals surface area contributed by atoms with Crippen molar-refractivity contribution >= 4 is 35.0 Å². The van der Waals surface area contributed by atoms with E-state index in [2.05, 4.69) is 18.8 Å². The van der Waals surface area contributed by atoms with Crippen LogP contribution in [0.3, 0.4) is 0 Å². The van der Waals surface area contributed by atoms with Crippen molar-refractivity contribution in [3.05, 3.63) is 28.0 Å². The molecule has 1 nitrogen and oxygen atoms in total. The average molecular weight is 264 g/mol. The van der Waals surface area contributed by atoms with Gasteiger partial charge in [0.1, 0.15) is 5.15 Å². The van der Waals surface area contributed by atoms with Gasteiger partial charge in [0.25, 0.3) is 0 Å². The Kier molecular flexibility index (Phi) is 5.80. The Balaban J connectivity index is 2.44. The fourth-order valence-corrected chi connectivity index (χ4v) is 2.75. The number of hydrogen-bond acceptors (Lipinski definition) is 2. The quantitative estimate of drug-likeness (QED) is 0.717. The third-order valence-corrected chi connectivity index (χ3v) is 4.13. The minimum atomic E-state index is 0.454. The molecule has 4 heteroatoms. The first-order chi connectivity index (χ1) is 7.13. The third kappa shape index (κ3) is 4.62. The Morgan fingerprint density at radius 2 is 2.20 bits per heavy atom. The predicted molar refractivity (Wildman–Crippen MR) is 69.9 cm³/mol. The summed E-state index contributed by atoms with van der Waals surface area (Å²) in [6.07, 6.45) is 2.98. The monoisotopic (exact) mass is 263 g/mol. The van der Waals surface area contributed by atoms with Crippen molar-refractivity contribution in [2.75, 3.05) is 5.75 Å². The number of hydrogen-bond donors (Lipinski definition) is 0. The maximum Gasteiger partial charge on any atom is 0.130 e. The molecule has 1 atom stereocenters. The van der Waals surface area contributed by atoms with E-state index in [4.69, 9.17) is 23.2 Å². The molecule has 0 saturated carbocycles. The van der Waals surface area contributed by atoms with E-state index in [1.807, 2.05) is 11.8 Å². The summed E-state index contributed by atoms with van der Waals surface area (Å²) in [5.41, 5.74) is 1.06. The lowest BCUT2D eigenvalue weighted by Gasteiger charge is -2.08. The highest BCUT2D eigenvalue weighted by atomic mass is 35.5. The standard InChI is InChI=1S/C11H15Cl2NS/c1-3-8(2)6-15-7-9-5-14-11(13)4-10(9)12/h4-5,8H,3,6-7H2,1-2H3. The Labute approximate surface area is 106 Å². The molecule has 1 rings (SSSR count). The summed E-state index contributed by atoms with van der Waals surface area (Å²) in [6, 6.07) is 1.70. The highest BCUT2D eigenvalue weighted by Gasteiger charge is 2.04. The molecule has 0 bridgehead atoms. The molecule has 84 valence electrons. The van der Waals surface area contributed by atoms with Gasteiger partial charge in [-0.1, -0.05) is 43.5 Å². The van der Waals surface area contributed by atoms with Gasteiger partial charge in [-0.2, -0.15) is 11.8 Å². The lowest BCUT2D eigenvalue weighted by molar-refractivity contribution is 0.637. The van der Waals surface area contributed by atoms with Gasteiger partial charge in [0.05, 0.1) is 0 Å². The molecule has 1 heterocycles. The van der Waals surface area contributed by atoms with Crippen LogP contribution in [0.5, 0.6) is 0 Å². The van der Waals surface area contributed by atoms with Crippen LogP contribution in [0.2, 0.25) is 10.2 Å². The van der Waals surface area contributed by atoms with Gasteiger partial charge in [-0.25, -0.2) is 4.98 Å². The van der Waals surface area contributed by atoms with E-state index in [0.29, 0.717) is 10.2 Å². The van der Waals surface area contributed by atoms with E-state index in [-0.39, 0.29) is 0 Å². The van der Waals surface area contributed by atoms with E-state index < -0.39 is 0 Å². The van der Waals surface area contributed by atoms with E-state index >= 15 is 0 Å². The lowest BCUT2D eigenvalue weighted by atomic mass is 10.2. The molecule has 1 unspecified atom stereocenters. The SMILES string of the molecule is CCC(C)CSCc1cnc(Cl)cc1Cl. The summed E-state index contributed by atoms with van der Waals surface area (Å²) in [5.74, 6) is 2.83. The molecule has 1 aromatic rings. The minimum Gasteiger partial charge on any atom is -0.244 e. The normalized spacial score (nSPS) is 12.8. The molecule has 0 fully saturated rings. The van der Waals surface area contributed by atoms with Crippen LogP contribution >= 0.6 is 35.0 Å². The topological polar surface area (TPSA) is 12.9 Å². The molecule has 0 N–H and O–H groups in total. The molecule has 0 aromatic carbocycles. The van der Waals surface area contributed by atoms with Gasteiger partial charge >= 0.3 is 0 Å². The predicted octanol–water partition coefficient (Wildman–Crippen LogP) is 4.67. The van der Waals surface area contributed by atoms with E-state index in [1.165, 1.54) is 6.42 Å². The Morgan fingerprint density at radius 1 is 1.47 bits per heavy atom. The second kappa shape index (κ2) is 6.62. The largest absolute Gasteiger partial charge is 0.244 e. The van der Waals surface area contributed by atoms with Gasteiger partial charge in [-0.15, -0.1) is 0 Å². The van der Waals surface area contributed by atoms with Crippen LogP contribution in [0.1, 0.15) is 25.8 Å². The van der Waals surface area contributed by atoms with Crippen LogP contribution in [0.15, 0.2) is 12.3 Å². The zero-order chi connectivity index (χ0) is 11.3. The van der Waals surface area contributed by atoms with E-state index in [0.717, 1.165) is 23.0 Å². The zero-order valence-electron chi connectivity index (χ0n) is 8.96. The first-order valence-corrected chi connectivity index (χ1v) is 6.92. The van der Waals surface area contributed by atoms with E-state index in [9.17, 15) is 0 Å². The maximum atomic E-state index is 6.04. The van der Waals surface area contributed by atoms with Crippen LogP contribution in [-0.4, -0.2) is 10.7 Å². The fourth-order valence-electron chi connectivity index (χ4n) is 1.03. The second-order valence-electron chi connectivity index (χ2n) is 3.63. The number of aromatic nitrogens is 1. The first kappa shape index (κ1) is 13.1. The highest BCUT2D eigenvalue weighted by Crippen LogP contribution is 2.24. The van der Waals surface area contributed by atoms with Crippen molar-refractivity contribution in [1.82, 2.24) is 4.98 Å². The molecule has 0 spiro atoms. The molecule has 15 heavy (non-hydrogen) atoms. The molecule has 0 aliphatic carbocycles. The van der Waals surface area contributed by atoms with Gasteiger partial charge in [-0.05, 0) is 23.3 Å². The number of halogens is 2. The zero-order valence-corrected chi connectivity index (χ0v) is 11.3. The molecule has 0 radical (unpaired) electrons. The molecule has 1 aromatic heterocycles. The fraction of sp³-hybridized carbons (Fsp3) is 0.545. The van der Waals surface area contributed by atoms with Gasteiger partial charge in [0, 0.05) is 17.0 Å². The summed E-state index contributed by atoms with van der Waals surface area (Å²) >= 11 is 13.7. The second-order valence-corrected chi connectivity index (χ2v) is 5.45. The van der Waals surface area contributed by atoms with Crippen molar-refractivity contribution in [1.29, 1.82) is 0 Å². The molecular formula is C11H15Cl2NS. The number of rotatable bonds is 5. The Bertz CT molecular complexity index is 317.